The number of nitrogen functional groups attached to an aromatic ring is 1. The third-order valence-corrected chi connectivity index (χ3v) is 3.40. The van der Waals surface area contributed by atoms with Gasteiger partial charge in [0.1, 0.15) is 0 Å². The minimum atomic E-state index is -3.46. The first kappa shape index (κ1) is 15.0. The molecule has 0 bridgehead atoms. The molecule has 1 rings (SSSR count). The molecule has 7 nitrogen and oxygen atoms in total. The molecule has 0 spiro atoms. The Balaban J connectivity index is 2.98. The number of likely N-dealkylation sites (N-methyl/N-ethyl adjacent to an activating group) is 1. The van der Waals surface area contributed by atoms with Crippen LogP contribution in [0, 0.1) is 0 Å². The Morgan fingerprint density at radius 1 is 1.26 bits per heavy atom. The minimum Gasteiger partial charge on any atom is -0.399 e. The van der Waals surface area contributed by atoms with Crippen molar-refractivity contribution in [2.45, 2.75) is 4.90 Å². The van der Waals surface area contributed by atoms with Gasteiger partial charge in [0.2, 0.25) is 5.91 Å². The summed E-state index contributed by atoms with van der Waals surface area (Å²) < 4.78 is 22.8. The highest BCUT2D eigenvalue weighted by Gasteiger charge is 2.13. The number of sulfone groups is 1. The highest BCUT2D eigenvalue weighted by molar-refractivity contribution is 7.90. The molecule has 0 radical (unpaired) electrons. The van der Waals surface area contributed by atoms with Gasteiger partial charge in [-0.25, -0.2) is 8.42 Å². The van der Waals surface area contributed by atoms with E-state index >= 15 is 0 Å². The molecular weight excluding hydrogens is 270 g/mol. The average Bonchev–Trinajstić information content (AvgIpc) is 2.33. The van der Waals surface area contributed by atoms with Crippen molar-refractivity contribution < 1.29 is 18.0 Å². The molecule has 2 amide bonds. The fraction of sp³-hybridized carbons (Fsp3) is 0.273. The summed E-state index contributed by atoms with van der Waals surface area (Å²) in [5, 5.41) is 4.70. The number of benzene rings is 1. The van der Waals surface area contributed by atoms with Crippen molar-refractivity contribution in [2.24, 2.45) is 0 Å². The van der Waals surface area contributed by atoms with Gasteiger partial charge < -0.3 is 16.4 Å². The van der Waals surface area contributed by atoms with Crippen LogP contribution in [-0.4, -0.2) is 40.1 Å². The van der Waals surface area contributed by atoms with E-state index in [1.54, 1.807) is 0 Å². The topological polar surface area (TPSA) is 118 Å². The molecular formula is C11H15N3O4S. The van der Waals surface area contributed by atoms with E-state index in [1.165, 1.54) is 25.2 Å². The molecule has 0 aliphatic heterocycles. The Morgan fingerprint density at radius 3 is 2.42 bits per heavy atom. The first-order valence-electron chi connectivity index (χ1n) is 5.33. The number of hydrogen-bond acceptors (Lipinski definition) is 5. The molecule has 19 heavy (non-hydrogen) atoms. The third kappa shape index (κ3) is 4.25. The van der Waals surface area contributed by atoms with Gasteiger partial charge in [0.05, 0.1) is 11.4 Å². The standard InChI is InChI=1S/C11H15N3O4S/c1-13-10(15)6-14-11(16)7-3-8(12)5-9(4-7)19(2,17)18/h3-5H,6,12H2,1-2H3,(H,13,15)(H,14,16). The van der Waals surface area contributed by atoms with Crippen LogP contribution in [0.1, 0.15) is 10.4 Å². The smallest absolute Gasteiger partial charge is 0.251 e. The Morgan fingerprint density at radius 2 is 1.89 bits per heavy atom. The zero-order chi connectivity index (χ0) is 14.6. The first-order valence-corrected chi connectivity index (χ1v) is 7.22. The summed E-state index contributed by atoms with van der Waals surface area (Å²) in [6, 6.07) is 3.82. The molecule has 1 aromatic carbocycles. The second-order valence-corrected chi connectivity index (χ2v) is 5.93. The van der Waals surface area contributed by atoms with E-state index in [9.17, 15) is 18.0 Å². The second kappa shape index (κ2) is 5.70. The molecule has 0 atom stereocenters. The lowest BCUT2D eigenvalue weighted by Crippen LogP contribution is -2.35. The molecule has 0 aliphatic carbocycles. The van der Waals surface area contributed by atoms with Gasteiger partial charge >= 0.3 is 0 Å². The summed E-state index contributed by atoms with van der Waals surface area (Å²) in [7, 11) is -2.02. The van der Waals surface area contributed by atoms with Gasteiger partial charge in [0.15, 0.2) is 9.84 Å². The fourth-order valence-electron chi connectivity index (χ4n) is 1.32. The largest absolute Gasteiger partial charge is 0.399 e. The summed E-state index contributed by atoms with van der Waals surface area (Å²) >= 11 is 0. The lowest BCUT2D eigenvalue weighted by Gasteiger charge is -2.07. The molecule has 8 heteroatoms. The molecule has 0 saturated carbocycles. The van der Waals surface area contributed by atoms with E-state index < -0.39 is 15.7 Å². The number of carbonyl (C=O) groups excluding carboxylic acids is 2. The molecule has 0 saturated heterocycles. The number of hydrogen-bond donors (Lipinski definition) is 3. The van der Waals surface area contributed by atoms with Gasteiger partial charge in [-0.05, 0) is 18.2 Å². The van der Waals surface area contributed by atoms with Crippen molar-refractivity contribution in [3.8, 4) is 0 Å². The summed E-state index contributed by atoms with van der Waals surface area (Å²) in [4.78, 5) is 22.7. The number of rotatable bonds is 4. The van der Waals surface area contributed by atoms with Crippen molar-refractivity contribution in [1.29, 1.82) is 0 Å². The van der Waals surface area contributed by atoms with Crippen molar-refractivity contribution in [2.75, 3.05) is 25.6 Å². The molecule has 0 aromatic heterocycles. The predicted molar refractivity (Wildman–Crippen MR) is 70.4 cm³/mol. The summed E-state index contributed by atoms with van der Waals surface area (Å²) in [5.41, 5.74) is 5.80. The maximum absolute atomic E-state index is 11.8. The van der Waals surface area contributed by atoms with Crippen molar-refractivity contribution in [1.82, 2.24) is 10.6 Å². The molecule has 0 unspecified atom stereocenters. The SMILES string of the molecule is CNC(=O)CNC(=O)c1cc(N)cc(S(C)(=O)=O)c1. The average molecular weight is 285 g/mol. The number of nitrogens with one attached hydrogen (secondary N) is 2. The Labute approximate surface area is 111 Å². The molecule has 0 fully saturated rings. The van der Waals surface area contributed by atoms with E-state index in [0.29, 0.717) is 0 Å². The van der Waals surface area contributed by atoms with Crippen molar-refractivity contribution in [3.05, 3.63) is 23.8 Å². The van der Waals surface area contributed by atoms with Gasteiger partial charge in [-0.2, -0.15) is 0 Å². The van der Waals surface area contributed by atoms with E-state index in [4.69, 9.17) is 5.73 Å². The lowest BCUT2D eigenvalue weighted by molar-refractivity contribution is -0.119. The predicted octanol–water partition coefficient (Wildman–Crippen LogP) is -0.852. The van der Waals surface area contributed by atoms with E-state index in [0.717, 1.165) is 6.26 Å². The monoisotopic (exact) mass is 285 g/mol. The van der Waals surface area contributed by atoms with Crippen LogP contribution in [0.4, 0.5) is 5.69 Å². The zero-order valence-corrected chi connectivity index (χ0v) is 11.4. The maximum atomic E-state index is 11.8. The zero-order valence-electron chi connectivity index (χ0n) is 10.6. The van der Waals surface area contributed by atoms with Crippen LogP contribution in [0.25, 0.3) is 0 Å². The Bertz CT molecular complexity index is 610. The van der Waals surface area contributed by atoms with E-state index in [1.807, 2.05) is 0 Å². The second-order valence-electron chi connectivity index (χ2n) is 3.92. The van der Waals surface area contributed by atoms with E-state index in [2.05, 4.69) is 10.6 Å². The summed E-state index contributed by atoms with van der Waals surface area (Å²) in [5.74, 6) is -0.929. The minimum absolute atomic E-state index is 0.0439. The van der Waals surface area contributed by atoms with Crippen molar-refractivity contribution >= 4 is 27.3 Å². The molecule has 4 N–H and O–H groups in total. The molecule has 0 aliphatic rings. The maximum Gasteiger partial charge on any atom is 0.251 e. The first-order chi connectivity index (χ1) is 8.74. The third-order valence-electron chi connectivity index (χ3n) is 2.31. The van der Waals surface area contributed by atoms with Gasteiger partial charge in [0.25, 0.3) is 5.91 Å². The van der Waals surface area contributed by atoms with Crippen LogP contribution in [0.2, 0.25) is 0 Å². The highest BCUT2D eigenvalue weighted by Crippen LogP contribution is 2.16. The Kier molecular flexibility index (Phi) is 4.49. The van der Waals surface area contributed by atoms with Gasteiger partial charge in [-0.3, -0.25) is 9.59 Å². The summed E-state index contributed by atoms with van der Waals surface area (Å²) in [6.45, 7) is -0.196. The van der Waals surface area contributed by atoms with Crippen LogP contribution in [0.15, 0.2) is 23.1 Å². The van der Waals surface area contributed by atoms with Crippen LogP contribution in [0.3, 0.4) is 0 Å². The van der Waals surface area contributed by atoms with Gasteiger partial charge in [0, 0.05) is 24.6 Å². The molecule has 104 valence electrons. The quantitative estimate of drug-likeness (QED) is 0.623. The molecule has 1 aromatic rings. The highest BCUT2D eigenvalue weighted by atomic mass is 32.2. The summed E-state index contributed by atoms with van der Waals surface area (Å²) in [6.07, 6.45) is 1.02. The van der Waals surface area contributed by atoms with Crippen LogP contribution in [-0.2, 0) is 14.6 Å². The lowest BCUT2D eigenvalue weighted by atomic mass is 10.2. The van der Waals surface area contributed by atoms with Gasteiger partial charge in [-0.1, -0.05) is 0 Å². The van der Waals surface area contributed by atoms with Crippen LogP contribution in [0.5, 0.6) is 0 Å². The van der Waals surface area contributed by atoms with Crippen molar-refractivity contribution in [3.63, 3.8) is 0 Å². The fourth-order valence-corrected chi connectivity index (χ4v) is 2.01. The number of amides is 2. The number of nitrogens with two attached hydrogens (primary N) is 1. The number of carbonyl (C=O) groups is 2. The van der Waals surface area contributed by atoms with Gasteiger partial charge in [-0.15, -0.1) is 0 Å². The molecule has 0 heterocycles. The number of anilines is 1. The Hall–Kier alpha value is -2.09. The normalized spacial score (nSPS) is 10.8. The van der Waals surface area contributed by atoms with Crippen LogP contribution >= 0.6 is 0 Å². The van der Waals surface area contributed by atoms with Crippen LogP contribution < -0.4 is 16.4 Å². The van der Waals surface area contributed by atoms with E-state index in [-0.39, 0.29) is 28.6 Å².